The number of benzene rings is 2. The van der Waals surface area contributed by atoms with E-state index >= 15 is 0 Å². The van der Waals surface area contributed by atoms with Gasteiger partial charge in [0, 0.05) is 38.0 Å². The van der Waals surface area contributed by atoms with Crippen LogP contribution >= 0.6 is 11.6 Å². The van der Waals surface area contributed by atoms with E-state index in [-0.39, 0.29) is 16.7 Å². The molecule has 0 bridgehead atoms. The summed E-state index contributed by atoms with van der Waals surface area (Å²) in [5.41, 5.74) is 1.20. The van der Waals surface area contributed by atoms with Gasteiger partial charge in [0.1, 0.15) is 17.9 Å². The predicted octanol–water partition coefficient (Wildman–Crippen LogP) is 4.33. The van der Waals surface area contributed by atoms with Gasteiger partial charge in [0.15, 0.2) is 5.82 Å². The minimum absolute atomic E-state index is 0.131. The van der Waals surface area contributed by atoms with Crippen molar-refractivity contribution in [1.29, 1.82) is 0 Å². The van der Waals surface area contributed by atoms with Crippen molar-refractivity contribution in [3.63, 3.8) is 0 Å². The van der Waals surface area contributed by atoms with Crippen LogP contribution in [-0.4, -0.2) is 66.1 Å². The van der Waals surface area contributed by atoms with Crippen LogP contribution in [0.2, 0.25) is 5.02 Å². The van der Waals surface area contributed by atoms with E-state index in [0.29, 0.717) is 34.6 Å². The molecule has 4 rings (SSSR count). The van der Waals surface area contributed by atoms with Gasteiger partial charge in [-0.3, -0.25) is 19.4 Å². The molecule has 1 aliphatic heterocycles. The molecule has 2 amide bonds. The molecule has 0 atom stereocenters. The van der Waals surface area contributed by atoms with Crippen molar-refractivity contribution in [1.82, 2.24) is 14.9 Å². The van der Waals surface area contributed by atoms with Gasteiger partial charge in [-0.05, 0) is 36.8 Å². The third-order valence-electron chi connectivity index (χ3n) is 5.83. The molecule has 9 nitrogen and oxygen atoms in total. The number of ether oxygens (including phenoxy) is 2. The first-order valence-corrected chi connectivity index (χ1v) is 12.2. The Hall–Kier alpha value is -3.60. The average molecular weight is 528 g/mol. The zero-order valence-corrected chi connectivity index (χ0v) is 21.1. The quantitative estimate of drug-likeness (QED) is 0.327. The van der Waals surface area contributed by atoms with Crippen molar-refractivity contribution < 1.29 is 23.5 Å². The summed E-state index contributed by atoms with van der Waals surface area (Å²) in [6, 6.07) is 7.28. The van der Waals surface area contributed by atoms with Crippen molar-refractivity contribution in [3.8, 4) is 5.75 Å². The summed E-state index contributed by atoms with van der Waals surface area (Å²) in [5.74, 6) is -0.736. The lowest BCUT2D eigenvalue weighted by molar-refractivity contribution is -0.116. The summed E-state index contributed by atoms with van der Waals surface area (Å²) < 4.78 is 25.2. The minimum atomic E-state index is -0.605. The van der Waals surface area contributed by atoms with E-state index < -0.39 is 11.7 Å². The molecule has 1 fully saturated rings. The van der Waals surface area contributed by atoms with Crippen LogP contribution in [0.25, 0.3) is 10.9 Å². The lowest BCUT2D eigenvalue weighted by Crippen LogP contribution is -2.37. The molecule has 1 aromatic heterocycles. The summed E-state index contributed by atoms with van der Waals surface area (Å²) >= 11 is 5.97. The first-order chi connectivity index (χ1) is 17.9. The predicted molar refractivity (Wildman–Crippen MR) is 140 cm³/mol. The topological polar surface area (TPSA) is 96.9 Å². The molecule has 0 spiro atoms. The van der Waals surface area contributed by atoms with E-state index in [1.165, 1.54) is 36.4 Å². The molecule has 37 heavy (non-hydrogen) atoms. The molecule has 0 saturated carbocycles. The zero-order valence-electron chi connectivity index (χ0n) is 20.4. The fraction of sp³-hybridized carbons (Fsp3) is 0.308. The smallest absolute Gasteiger partial charge is 0.247 e. The summed E-state index contributed by atoms with van der Waals surface area (Å²) in [7, 11) is 0. The lowest BCUT2D eigenvalue weighted by atomic mass is 10.1. The number of carbonyl (C=O) groups is 2. The number of nitrogens with zero attached hydrogens (tertiary/aromatic N) is 4. The Morgan fingerprint density at radius 2 is 2.05 bits per heavy atom. The normalized spacial score (nSPS) is 13.8. The molecule has 2 heterocycles. The van der Waals surface area contributed by atoms with Crippen LogP contribution in [0.3, 0.4) is 0 Å². The van der Waals surface area contributed by atoms with Crippen molar-refractivity contribution in [3.05, 3.63) is 60.2 Å². The van der Waals surface area contributed by atoms with Crippen molar-refractivity contribution in [2.24, 2.45) is 0 Å². The van der Waals surface area contributed by atoms with E-state index in [1.54, 1.807) is 12.1 Å². The highest BCUT2D eigenvalue weighted by Crippen LogP contribution is 2.37. The van der Waals surface area contributed by atoms with Crippen LogP contribution in [0, 0.1) is 5.82 Å². The monoisotopic (exact) mass is 527 g/mol. The second kappa shape index (κ2) is 12.1. The highest BCUT2D eigenvalue weighted by atomic mass is 35.5. The number of hydrogen-bond donors (Lipinski definition) is 1. The molecule has 0 unspecified atom stereocenters. The maximum Gasteiger partial charge on any atom is 0.247 e. The number of hydrogen-bond acceptors (Lipinski definition) is 7. The molecular formula is C26H27ClFN5O4. The highest BCUT2D eigenvalue weighted by Gasteiger charge is 2.22. The van der Waals surface area contributed by atoms with Crippen molar-refractivity contribution >= 4 is 51.5 Å². The molecule has 1 aliphatic rings. The van der Waals surface area contributed by atoms with Crippen LogP contribution in [-0.2, 0) is 14.3 Å². The molecule has 3 aromatic rings. The molecular weight excluding hydrogens is 501 g/mol. The van der Waals surface area contributed by atoms with E-state index in [2.05, 4.69) is 26.8 Å². The Kier molecular flexibility index (Phi) is 8.65. The second-order valence-corrected chi connectivity index (χ2v) is 8.77. The number of rotatable bonds is 9. The molecule has 194 valence electrons. The van der Waals surface area contributed by atoms with Crippen molar-refractivity contribution in [2.75, 3.05) is 49.7 Å². The third-order valence-corrected chi connectivity index (χ3v) is 6.12. The standard InChI is InChI=1S/C26H27ClFN5O4/c1-3-25(35)31-23-14-19-22(15-24(23)37-10-4-7-32-8-11-36-12-9-32)29-16-30-26(19)33(17(2)34)18-5-6-21(28)20(27)13-18/h3,5-6,13-16H,1,4,7-12H2,2H3,(H,31,35). The number of fused-ring (bicyclic) bond motifs is 1. The Labute approximate surface area is 218 Å². The van der Waals surface area contributed by atoms with Crippen LogP contribution in [0.1, 0.15) is 13.3 Å². The number of amides is 2. The average Bonchev–Trinajstić information content (AvgIpc) is 2.89. The second-order valence-electron chi connectivity index (χ2n) is 8.37. The van der Waals surface area contributed by atoms with Gasteiger partial charge in [-0.25, -0.2) is 14.4 Å². The molecule has 1 saturated heterocycles. The largest absolute Gasteiger partial charge is 0.491 e. The number of morpholine rings is 1. The van der Waals surface area contributed by atoms with E-state index in [9.17, 15) is 14.0 Å². The molecule has 1 N–H and O–H groups in total. The maximum absolute atomic E-state index is 13.8. The van der Waals surface area contributed by atoms with Crippen LogP contribution in [0.15, 0.2) is 49.3 Å². The van der Waals surface area contributed by atoms with Gasteiger partial charge in [-0.2, -0.15) is 0 Å². The van der Waals surface area contributed by atoms with E-state index in [1.807, 2.05) is 0 Å². The van der Waals surface area contributed by atoms with Gasteiger partial charge in [-0.15, -0.1) is 0 Å². The summed E-state index contributed by atoms with van der Waals surface area (Å²) in [5, 5.41) is 3.10. The third kappa shape index (κ3) is 6.40. The van der Waals surface area contributed by atoms with Crippen LogP contribution in [0.5, 0.6) is 5.75 Å². The number of carbonyl (C=O) groups excluding carboxylic acids is 2. The SMILES string of the molecule is C=CC(=O)Nc1cc2c(N(C(C)=O)c3ccc(F)c(Cl)c3)ncnc2cc1OCCCN1CCOCC1. The van der Waals surface area contributed by atoms with Crippen LogP contribution < -0.4 is 15.0 Å². The fourth-order valence-electron chi connectivity index (χ4n) is 4.02. The Balaban J connectivity index is 1.67. The molecule has 2 aromatic carbocycles. The summed E-state index contributed by atoms with van der Waals surface area (Å²) in [4.78, 5) is 37.1. The van der Waals surface area contributed by atoms with Crippen molar-refractivity contribution in [2.45, 2.75) is 13.3 Å². The Morgan fingerprint density at radius 1 is 1.27 bits per heavy atom. The first-order valence-electron chi connectivity index (χ1n) is 11.8. The van der Waals surface area contributed by atoms with Gasteiger partial charge in [0.05, 0.1) is 41.7 Å². The summed E-state index contributed by atoms with van der Waals surface area (Å²) in [6.07, 6.45) is 3.26. The maximum atomic E-state index is 13.8. The first kappa shape index (κ1) is 26.5. The zero-order chi connectivity index (χ0) is 26.4. The molecule has 0 radical (unpaired) electrons. The van der Waals surface area contributed by atoms with Gasteiger partial charge < -0.3 is 14.8 Å². The van der Waals surface area contributed by atoms with E-state index in [0.717, 1.165) is 45.3 Å². The molecule has 0 aliphatic carbocycles. The summed E-state index contributed by atoms with van der Waals surface area (Å²) in [6.45, 7) is 9.40. The fourth-order valence-corrected chi connectivity index (χ4v) is 4.20. The Bertz CT molecular complexity index is 1320. The van der Waals surface area contributed by atoms with Gasteiger partial charge >= 0.3 is 0 Å². The highest BCUT2D eigenvalue weighted by molar-refractivity contribution is 6.31. The lowest BCUT2D eigenvalue weighted by Gasteiger charge is -2.26. The minimum Gasteiger partial charge on any atom is -0.491 e. The van der Waals surface area contributed by atoms with Gasteiger partial charge in [-0.1, -0.05) is 18.2 Å². The molecule has 11 heteroatoms. The number of aromatic nitrogens is 2. The van der Waals surface area contributed by atoms with Crippen LogP contribution in [0.4, 0.5) is 21.6 Å². The van der Waals surface area contributed by atoms with E-state index in [4.69, 9.17) is 21.1 Å². The number of nitrogens with one attached hydrogen (secondary N) is 1. The van der Waals surface area contributed by atoms with Gasteiger partial charge in [0.25, 0.3) is 0 Å². The number of halogens is 2. The number of anilines is 3. The Morgan fingerprint density at radius 3 is 2.76 bits per heavy atom. The van der Waals surface area contributed by atoms with Gasteiger partial charge in [0.2, 0.25) is 11.8 Å².